The van der Waals surface area contributed by atoms with E-state index in [0.29, 0.717) is 10.8 Å². The van der Waals surface area contributed by atoms with Crippen molar-refractivity contribution in [1.29, 1.82) is 0 Å². The summed E-state index contributed by atoms with van der Waals surface area (Å²) < 4.78 is 6.08. The lowest BCUT2D eigenvalue weighted by atomic mass is 10.1. The van der Waals surface area contributed by atoms with Crippen LogP contribution in [0.15, 0.2) is 35.7 Å². The molecule has 4 heteroatoms. The average Bonchev–Trinajstić information content (AvgIpc) is 2.83. The summed E-state index contributed by atoms with van der Waals surface area (Å²) in [7, 11) is 0. The number of hydrogen-bond donors (Lipinski definition) is 1. The van der Waals surface area contributed by atoms with Crippen molar-refractivity contribution in [3.63, 3.8) is 0 Å². The molecule has 2 rings (SSSR count). The van der Waals surface area contributed by atoms with Crippen LogP contribution in [0.25, 0.3) is 0 Å². The highest BCUT2D eigenvalue weighted by atomic mass is 35.5. The van der Waals surface area contributed by atoms with Gasteiger partial charge in [-0.1, -0.05) is 30.7 Å². The summed E-state index contributed by atoms with van der Waals surface area (Å²) in [6.45, 7) is 4.15. The predicted octanol–water partition coefficient (Wildman–Crippen LogP) is 4.57. The molecule has 0 aliphatic rings. The fourth-order valence-corrected chi connectivity index (χ4v) is 3.11. The Balaban J connectivity index is 2.30. The minimum Gasteiger partial charge on any atom is -0.482 e. The second kappa shape index (κ2) is 6.42. The summed E-state index contributed by atoms with van der Waals surface area (Å²) in [5.41, 5.74) is 7.43. The van der Waals surface area contributed by atoms with Gasteiger partial charge >= 0.3 is 0 Å². The standard InChI is InChI=1S/C15H18ClNOS/c1-3-12(17)14(15-10(2)8-9-19-15)18-13-7-5-4-6-11(13)16/h4-9,12,14H,3,17H2,1-2H3. The van der Waals surface area contributed by atoms with E-state index in [0.717, 1.165) is 6.42 Å². The number of ether oxygens (including phenoxy) is 1. The van der Waals surface area contributed by atoms with Crippen molar-refractivity contribution in [2.45, 2.75) is 32.4 Å². The van der Waals surface area contributed by atoms with E-state index in [1.54, 1.807) is 11.3 Å². The molecule has 0 spiro atoms. The quantitative estimate of drug-likeness (QED) is 0.877. The van der Waals surface area contributed by atoms with Crippen LogP contribution in [-0.2, 0) is 0 Å². The Morgan fingerprint density at radius 1 is 1.32 bits per heavy atom. The highest BCUT2D eigenvalue weighted by Crippen LogP contribution is 2.34. The molecule has 102 valence electrons. The lowest BCUT2D eigenvalue weighted by molar-refractivity contribution is 0.174. The lowest BCUT2D eigenvalue weighted by Crippen LogP contribution is -2.31. The van der Waals surface area contributed by atoms with Gasteiger partial charge in [-0.2, -0.15) is 0 Å². The number of hydrogen-bond acceptors (Lipinski definition) is 3. The van der Waals surface area contributed by atoms with Gasteiger partial charge in [-0.25, -0.2) is 0 Å². The minimum absolute atomic E-state index is 0.0476. The Kier molecular flexibility index (Phi) is 4.86. The molecule has 0 fully saturated rings. The van der Waals surface area contributed by atoms with Gasteiger partial charge in [-0.3, -0.25) is 0 Å². The second-order valence-electron chi connectivity index (χ2n) is 4.51. The smallest absolute Gasteiger partial charge is 0.148 e. The number of thiophene rings is 1. The van der Waals surface area contributed by atoms with Crippen molar-refractivity contribution in [2.75, 3.05) is 0 Å². The molecule has 0 aliphatic heterocycles. The van der Waals surface area contributed by atoms with E-state index in [2.05, 4.69) is 25.3 Å². The maximum atomic E-state index is 6.21. The third-order valence-electron chi connectivity index (χ3n) is 3.11. The number of halogens is 1. The van der Waals surface area contributed by atoms with E-state index in [1.807, 2.05) is 24.3 Å². The number of benzene rings is 1. The van der Waals surface area contributed by atoms with Crippen LogP contribution < -0.4 is 10.5 Å². The SMILES string of the molecule is CCC(N)C(Oc1ccccc1Cl)c1sccc1C. The van der Waals surface area contributed by atoms with Crippen LogP contribution in [0, 0.1) is 6.92 Å². The second-order valence-corrected chi connectivity index (χ2v) is 5.86. The van der Waals surface area contributed by atoms with Crippen molar-refractivity contribution in [3.8, 4) is 5.75 Å². The lowest BCUT2D eigenvalue weighted by Gasteiger charge is -2.24. The van der Waals surface area contributed by atoms with Gasteiger partial charge in [0, 0.05) is 10.9 Å². The van der Waals surface area contributed by atoms with Gasteiger partial charge in [-0.05, 0) is 42.5 Å². The first kappa shape index (κ1) is 14.4. The van der Waals surface area contributed by atoms with Crippen LogP contribution in [0.2, 0.25) is 5.02 Å². The van der Waals surface area contributed by atoms with Gasteiger partial charge in [0.25, 0.3) is 0 Å². The molecule has 2 nitrogen and oxygen atoms in total. The Morgan fingerprint density at radius 3 is 2.63 bits per heavy atom. The fourth-order valence-electron chi connectivity index (χ4n) is 1.90. The maximum Gasteiger partial charge on any atom is 0.148 e. The molecule has 1 aromatic carbocycles. The molecule has 0 aliphatic carbocycles. The summed E-state index contributed by atoms with van der Waals surface area (Å²) in [6, 6.07) is 9.55. The van der Waals surface area contributed by atoms with Crippen LogP contribution in [0.1, 0.15) is 29.9 Å². The molecule has 2 N–H and O–H groups in total. The Morgan fingerprint density at radius 2 is 2.05 bits per heavy atom. The topological polar surface area (TPSA) is 35.2 Å². The maximum absolute atomic E-state index is 6.21. The van der Waals surface area contributed by atoms with Crippen molar-refractivity contribution in [1.82, 2.24) is 0 Å². The van der Waals surface area contributed by atoms with Gasteiger partial charge in [0.1, 0.15) is 11.9 Å². The van der Waals surface area contributed by atoms with Crippen LogP contribution in [-0.4, -0.2) is 6.04 Å². The van der Waals surface area contributed by atoms with Gasteiger partial charge in [-0.15, -0.1) is 11.3 Å². The number of nitrogens with two attached hydrogens (primary N) is 1. The van der Waals surface area contributed by atoms with Gasteiger partial charge < -0.3 is 10.5 Å². The highest BCUT2D eigenvalue weighted by Gasteiger charge is 2.24. The average molecular weight is 296 g/mol. The monoisotopic (exact) mass is 295 g/mol. The van der Waals surface area contributed by atoms with Crippen LogP contribution in [0.4, 0.5) is 0 Å². The molecule has 0 amide bonds. The van der Waals surface area contributed by atoms with Gasteiger partial charge in [0.05, 0.1) is 5.02 Å². The summed E-state index contributed by atoms with van der Waals surface area (Å²) in [4.78, 5) is 1.18. The summed E-state index contributed by atoms with van der Waals surface area (Å²) in [5.74, 6) is 0.686. The molecule has 2 aromatic rings. The molecule has 1 aromatic heterocycles. The first-order valence-electron chi connectivity index (χ1n) is 6.34. The first-order chi connectivity index (χ1) is 9.13. The zero-order chi connectivity index (χ0) is 13.8. The summed E-state index contributed by atoms with van der Waals surface area (Å²) in [5, 5.41) is 2.68. The Labute approximate surface area is 123 Å². The predicted molar refractivity (Wildman–Crippen MR) is 82.1 cm³/mol. The van der Waals surface area contributed by atoms with Crippen molar-refractivity contribution in [3.05, 3.63) is 51.2 Å². The molecule has 0 radical (unpaired) electrons. The molecular formula is C15H18ClNOS. The van der Waals surface area contributed by atoms with Gasteiger partial charge in [0.15, 0.2) is 0 Å². The number of aryl methyl sites for hydroxylation is 1. The fraction of sp³-hybridized carbons (Fsp3) is 0.333. The van der Waals surface area contributed by atoms with Crippen molar-refractivity contribution in [2.24, 2.45) is 5.73 Å². The third kappa shape index (κ3) is 3.30. The molecule has 0 saturated heterocycles. The first-order valence-corrected chi connectivity index (χ1v) is 7.60. The highest BCUT2D eigenvalue weighted by molar-refractivity contribution is 7.10. The number of para-hydroxylation sites is 1. The van der Waals surface area contributed by atoms with Crippen molar-refractivity contribution < 1.29 is 4.74 Å². The molecule has 2 atom stereocenters. The molecule has 19 heavy (non-hydrogen) atoms. The Hall–Kier alpha value is -1.03. The summed E-state index contributed by atoms with van der Waals surface area (Å²) >= 11 is 7.83. The largest absolute Gasteiger partial charge is 0.482 e. The molecule has 0 bridgehead atoms. The zero-order valence-electron chi connectivity index (χ0n) is 11.1. The number of rotatable bonds is 5. The minimum atomic E-state index is -0.148. The van der Waals surface area contributed by atoms with E-state index in [1.165, 1.54) is 10.4 Å². The van der Waals surface area contributed by atoms with Gasteiger partial charge in [0.2, 0.25) is 0 Å². The van der Waals surface area contributed by atoms with E-state index >= 15 is 0 Å². The molecule has 2 unspecified atom stereocenters. The van der Waals surface area contributed by atoms with E-state index in [9.17, 15) is 0 Å². The van der Waals surface area contributed by atoms with Crippen LogP contribution in [0.3, 0.4) is 0 Å². The van der Waals surface area contributed by atoms with E-state index < -0.39 is 0 Å². The normalized spacial score (nSPS) is 14.1. The molecular weight excluding hydrogens is 278 g/mol. The van der Waals surface area contributed by atoms with E-state index in [-0.39, 0.29) is 12.1 Å². The third-order valence-corrected chi connectivity index (χ3v) is 4.50. The zero-order valence-corrected chi connectivity index (χ0v) is 12.7. The molecule has 1 heterocycles. The van der Waals surface area contributed by atoms with Crippen LogP contribution >= 0.6 is 22.9 Å². The van der Waals surface area contributed by atoms with Crippen molar-refractivity contribution >= 4 is 22.9 Å². The Bertz CT molecular complexity index is 540. The van der Waals surface area contributed by atoms with E-state index in [4.69, 9.17) is 22.1 Å². The molecule has 0 saturated carbocycles. The summed E-state index contributed by atoms with van der Waals surface area (Å²) in [6.07, 6.45) is 0.705. The van der Waals surface area contributed by atoms with Crippen LogP contribution in [0.5, 0.6) is 5.75 Å².